The Morgan fingerprint density at radius 3 is 2.65 bits per heavy atom. The van der Waals surface area contributed by atoms with Gasteiger partial charge in [-0.15, -0.1) is 11.3 Å². The lowest BCUT2D eigenvalue weighted by Gasteiger charge is -2.19. The van der Waals surface area contributed by atoms with Crippen LogP contribution in [-0.4, -0.2) is 67.7 Å². The molecule has 0 unspecified atom stereocenters. The maximum atomic E-state index is 13.6. The molecule has 176 valence electrons. The van der Waals surface area contributed by atoms with Gasteiger partial charge in [0.1, 0.15) is 22.8 Å². The standard InChI is InChI=1S/C23H22ClFN6O2S/c24-17-11-14(1-3-18(17)25)28-22-20-15-2-4-19-16(21(15)34-23(20)27-13-26-22)12-31(29-19)6-5-30(7-9-32)8-10-33/h1-4,11-13,32-33H,5-10H2,(H,26,27,28). The summed E-state index contributed by atoms with van der Waals surface area (Å²) in [5.41, 5.74) is 1.51. The van der Waals surface area contributed by atoms with Gasteiger partial charge in [-0.2, -0.15) is 5.10 Å². The van der Waals surface area contributed by atoms with Crippen molar-refractivity contribution in [3.63, 3.8) is 0 Å². The molecule has 0 radical (unpaired) electrons. The Hall–Kier alpha value is -2.89. The molecule has 5 aromatic rings. The van der Waals surface area contributed by atoms with E-state index in [2.05, 4.69) is 15.3 Å². The van der Waals surface area contributed by atoms with E-state index in [4.69, 9.17) is 16.7 Å². The van der Waals surface area contributed by atoms with Crippen LogP contribution in [0.1, 0.15) is 0 Å². The fourth-order valence-corrected chi connectivity index (χ4v) is 5.32. The fraction of sp³-hybridized carbons (Fsp3) is 0.261. The average Bonchev–Trinajstić information content (AvgIpc) is 3.42. The number of aliphatic hydroxyl groups is 2. The van der Waals surface area contributed by atoms with E-state index in [0.717, 1.165) is 31.2 Å². The summed E-state index contributed by atoms with van der Waals surface area (Å²) in [5.74, 6) is 0.144. The molecule has 0 fully saturated rings. The zero-order valence-corrected chi connectivity index (χ0v) is 19.7. The van der Waals surface area contributed by atoms with Crippen LogP contribution in [-0.2, 0) is 6.54 Å². The second kappa shape index (κ2) is 9.77. The quantitative estimate of drug-likeness (QED) is 0.281. The lowest BCUT2D eigenvalue weighted by molar-refractivity contribution is 0.156. The van der Waals surface area contributed by atoms with E-state index in [-0.39, 0.29) is 18.2 Å². The van der Waals surface area contributed by atoms with Gasteiger partial charge in [-0.1, -0.05) is 17.7 Å². The van der Waals surface area contributed by atoms with Crippen molar-refractivity contribution in [2.24, 2.45) is 0 Å². The molecule has 0 saturated carbocycles. The highest BCUT2D eigenvalue weighted by atomic mass is 35.5. The Morgan fingerprint density at radius 2 is 1.88 bits per heavy atom. The third-order valence-corrected chi connectivity index (χ3v) is 7.06. The van der Waals surface area contributed by atoms with Crippen LogP contribution >= 0.6 is 22.9 Å². The van der Waals surface area contributed by atoms with Crippen molar-refractivity contribution < 1.29 is 14.6 Å². The van der Waals surface area contributed by atoms with Gasteiger partial charge in [0, 0.05) is 47.0 Å². The Morgan fingerprint density at radius 1 is 1.06 bits per heavy atom. The molecule has 3 aromatic heterocycles. The highest BCUT2D eigenvalue weighted by Crippen LogP contribution is 2.40. The van der Waals surface area contributed by atoms with Gasteiger partial charge in [0.25, 0.3) is 0 Å². The van der Waals surface area contributed by atoms with Gasteiger partial charge in [-0.3, -0.25) is 9.58 Å². The minimum atomic E-state index is -0.476. The topological polar surface area (TPSA) is 99.3 Å². The SMILES string of the molecule is OCCN(CCO)CCn1cc2c(ccc3c2sc2ncnc(Nc4ccc(F)c(Cl)c4)c23)n1. The molecule has 5 rings (SSSR count). The smallest absolute Gasteiger partial charge is 0.143 e. The summed E-state index contributed by atoms with van der Waals surface area (Å²) in [5, 5.41) is 29.3. The number of rotatable bonds is 9. The Balaban J connectivity index is 1.50. The lowest BCUT2D eigenvalue weighted by Crippen LogP contribution is -2.32. The van der Waals surface area contributed by atoms with Crippen LogP contribution < -0.4 is 5.32 Å². The zero-order valence-electron chi connectivity index (χ0n) is 18.1. The number of halogens is 2. The van der Waals surface area contributed by atoms with Crippen molar-refractivity contribution in [3.8, 4) is 0 Å². The van der Waals surface area contributed by atoms with Crippen molar-refractivity contribution in [1.82, 2.24) is 24.6 Å². The molecule has 0 bridgehead atoms. The first kappa shape index (κ1) is 22.9. The molecule has 0 aliphatic rings. The third kappa shape index (κ3) is 4.42. The largest absolute Gasteiger partial charge is 0.395 e. The van der Waals surface area contributed by atoms with Crippen LogP contribution in [0.2, 0.25) is 5.02 Å². The summed E-state index contributed by atoms with van der Waals surface area (Å²) >= 11 is 7.51. The highest BCUT2D eigenvalue weighted by Gasteiger charge is 2.16. The van der Waals surface area contributed by atoms with E-state index in [1.54, 1.807) is 17.4 Å². The van der Waals surface area contributed by atoms with Crippen LogP contribution in [0, 0.1) is 5.82 Å². The number of aromatic nitrogens is 4. The number of fused-ring (bicyclic) bond motifs is 5. The molecular formula is C23H22ClFN6O2S. The Labute approximate surface area is 203 Å². The molecular weight excluding hydrogens is 479 g/mol. The predicted octanol–water partition coefficient (Wildman–Crippen LogP) is 4.02. The molecule has 0 aliphatic carbocycles. The Bertz CT molecular complexity index is 1470. The molecule has 0 saturated heterocycles. The van der Waals surface area contributed by atoms with Crippen LogP contribution in [0.4, 0.5) is 15.9 Å². The molecule has 0 amide bonds. The van der Waals surface area contributed by atoms with Gasteiger partial charge in [-0.25, -0.2) is 14.4 Å². The summed E-state index contributed by atoms with van der Waals surface area (Å²) in [6.07, 6.45) is 3.52. The number of benzene rings is 2. The van der Waals surface area contributed by atoms with Crippen LogP contribution in [0.5, 0.6) is 0 Å². The number of hydrogen-bond acceptors (Lipinski definition) is 8. The number of nitrogens with one attached hydrogen (secondary N) is 1. The van der Waals surface area contributed by atoms with E-state index in [1.165, 1.54) is 18.5 Å². The van der Waals surface area contributed by atoms with E-state index in [0.29, 0.717) is 37.7 Å². The minimum absolute atomic E-state index is 0.0381. The normalized spacial score (nSPS) is 11.9. The molecule has 2 aromatic carbocycles. The molecule has 0 atom stereocenters. The van der Waals surface area contributed by atoms with Crippen molar-refractivity contribution >= 4 is 65.6 Å². The average molecular weight is 501 g/mol. The van der Waals surface area contributed by atoms with Gasteiger partial charge in [0.15, 0.2) is 0 Å². The molecule has 3 heterocycles. The molecule has 0 spiro atoms. The summed E-state index contributed by atoms with van der Waals surface area (Å²) in [6.45, 7) is 2.42. The zero-order chi connectivity index (χ0) is 23.7. The number of aliphatic hydroxyl groups excluding tert-OH is 2. The second-order valence-corrected chi connectivity index (χ2v) is 9.22. The van der Waals surface area contributed by atoms with Gasteiger partial charge >= 0.3 is 0 Å². The number of anilines is 2. The molecule has 3 N–H and O–H groups in total. The summed E-state index contributed by atoms with van der Waals surface area (Å²) < 4.78 is 16.5. The summed E-state index contributed by atoms with van der Waals surface area (Å²) in [4.78, 5) is 11.7. The summed E-state index contributed by atoms with van der Waals surface area (Å²) in [6, 6.07) is 8.45. The number of thiophene rings is 1. The van der Waals surface area contributed by atoms with E-state index in [9.17, 15) is 14.6 Å². The third-order valence-electron chi connectivity index (χ3n) is 5.63. The predicted molar refractivity (Wildman–Crippen MR) is 134 cm³/mol. The molecule has 11 heteroatoms. The highest BCUT2D eigenvalue weighted by molar-refractivity contribution is 7.26. The van der Waals surface area contributed by atoms with E-state index >= 15 is 0 Å². The van der Waals surface area contributed by atoms with E-state index < -0.39 is 5.82 Å². The lowest BCUT2D eigenvalue weighted by atomic mass is 10.1. The first-order chi connectivity index (χ1) is 16.6. The van der Waals surface area contributed by atoms with Crippen LogP contribution in [0.15, 0.2) is 42.9 Å². The maximum Gasteiger partial charge on any atom is 0.143 e. The Kier molecular flexibility index (Phi) is 6.57. The van der Waals surface area contributed by atoms with Crippen molar-refractivity contribution in [2.75, 3.05) is 38.2 Å². The summed E-state index contributed by atoms with van der Waals surface area (Å²) in [7, 11) is 0. The van der Waals surface area contributed by atoms with Gasteiger partial charge < -0.3 is 15.5 Å². The van der Waals surface area contributed by atoms with E-state index in [1.807, 2.05) is 27.9 Å². The molecule has 0 aliphatic heterocycles. The molecule has 34 heavy (non-hydrogen) atoms. The van der Waals surface area contributed by atoms with Crippen molar-refractivity contribution in [1.29, 1.82) is 0 Å². The number of hydrogen-bond donors (Lipinski definition) is 3. The van der Waals surface area contributed by atoms with Gasteiger partial charge in [0.2, 0.25) is 0 Å². The first-order valence-electron chi connectivity index (χ1n) is 10.8. The van der Waals surface area contributed by atoms with Crippen LogP contribution in [0.3, 0.4) is 0 Å². The second-order valence-electron chi connectivity index (χ2n) is 7.81. The fourth-order valence-electron chi connectivity index (χ4n) is 3.99. The molecule has 8 nitrogen and oxygen atoms in total. The number of nitrogens with zero attached hydrogens (tertiary/aromatic N) is 5. The van der Waals surface area contributed by atoms with Crippen molar-refractivity contribution in [2.45, 2.75) is 6.54 Å². The van der Waals surface area contributed by atoms with Crippen molar-refractivity contribution in [3.05, 3.63) is 53.7 Å². The van der Waals surface area contributed by atoms with Gasteiger partial charge in [-0.05, 0) is 24.3 Å². The van der Waals surface area contributed by atoms with Crippen LogP contribution in [0.25, 0.3) is 31.2 Å². The monoisotopic (exact) mass is 500 g/mol. The maximum absolute atomic E-state index is 13.6. The minimum Gasteiger partial charge on any atom is -0.395 e. The first-order valence-corrected chi connectivity index (χ1v) is 12.0. The van der Waals surface area contributed by atoms with Gasteiger partial charge in [0.05, 0.1) is 35.7 Å².